The van der Waals surface area contributed by atoms with Crippen LogP contribution < -0.4 is 0 Å². The fourth-order valence-corrected chi connectivity index (χ4v) is 6.62. The second-order valence-electron chi connectivity index (χ2n) is 8.33. The number of hydrogen-bond donors (Lipinski definition) is 0. The molecule has 0 nitrogen and oxygen atoms in total. The van der Waals surface area contributed by atoms with Crippen molar-refractivity contribution in [3.63, 3.8) is 0 Å². The lowest BCUT2D eigenvalue weighted by atomic mass is 9.47. The van der Waals surface area contributed by atoms with Crippen LogP contribution in [0.25, 0.3) is 0 Å². The Bertz CT molecular complexity index is 716. The van der Waals surface area contributed by atoms with Crippen molar-refractivity contribution in [2.24, 2.45) is 11.8 Å². The Morgan fingerprint density at radius 3 is 2.38 bits per heavy atom. The van der Waals surface area contributed by atoms with Crippen molar-refractivity contribution in [1.29, 1.82) is 0 Å². The standard InChI is InChI=1S/C24H28/c1-2-10-18(11-3-1)24-17-9-8-16-23(24)20-13-5-4-12-19(20)21-14-6-7-15-22(21)24/h1-3,6-7,10-11,14-15,19-20,23H,4-5,8-9,12-13,16-17H2/t19-,20-,23+,24+/m0/s1. The highest BCUT2D eigenvalue weighted by molar-refractivity contribution is 5.49. The molecule has 0 saturated heterocycles. The van der Waals surface area contributed by atoms with Gasteiger partial charge in [-0.1, -0.05) is 80.3 Å². The quantitative estimate of drug-likeness (QED) is 0.567. The zero-order chi connectivity index (χ0) is 16.0. The third-order valence-corrected chi connectivity index (χ3v) is 7.44. The summed E-state index contributed by atoms with van der Waals surface area (Å²) in [7, 11) is 0. The molecule has 0 heterocycles. The maximum atomic E-state index is 2.48. The van der Waals surface area contributed by atoms with E-state index in [-0.39, 0.29) is 5.41 Å². The van der Waals surface area contributed by atoms with Crippen LogP contribution in [-0.2, 0) is 5.41 Å². The molecule has 3 aliphatic carbocycles. The van der Waals surface area contributed by atoms with E-state index in [0.29, 0.717) is 0 Å². The molecule has 4 atom stereocenters. The Kier molecular flexibility index (Phi) is 3.54. The van der Waals surface area contributed by atoms with E-state index in [1.165, 1.54) is 51.4 Å². The van der Waals surface area contributed by atoms with Crippen molar-refractivity contribution < 1.29 is 0 Å². The minimum absolute atomic E-state index is 0.286. The van der Waals surface area contributed by atoms with Gasteiger partial charge in [0.05, 0.1) is 0 Å². The van der Waals surface area contributed by atoms with Gasteiger partial charge in [-0.2, -0.15) is 0 Å². The molecule has 0 heteroatoms. The van der Waals surface area contributed by atoms with Gasteiger partial charge in [-0.05, 0) is 60.1 Å². The van der Waals surface area contributed by atoms with Crippen LogP contribution >= 0.6 is 0 Å². The summed E-state index contributed by atoms with van der Waals surface area (Å²) >= 11 is 0. The van der Waals surface area contributed by atoms with E-state index in [9.17, 15) is 0 Å². The van der Waals surface area contributed by atoms with Crippen LogP contribution in [-0.4, -0.2) is 0 Å². The van der Waals surface area contributed by atoms with Gasteiger partial charge in [-0.15, -0.1) is 0 Å². The first kappa shape index (κ1) is 14.8. The van der Waals surface area contributed by atoms with E-state index in [1.807, 2.05) is 0 Å². The molecule has 24 heavy (non-hydrogen) atoms. The second kappa shape index (κ2) is 5.76. The first-order valence-corrected chi connectivity index (χ1v) is 10.1. The van der Waals surface area contributed by atoms with Crippen molar-refractivity contribution in [3.05, 3.63) is 71.3 Å². The monoisotopic (exact) mass is 316 g/mol. The maximum Gasteiger partial charge on any atom is 0.0236 e. The van der Waals surface area contributed by atoms with E-state index >= 15 is 0 Å². The summed E-state index contributed by atoms with van der Waals surface area (Å²) in [6.45, 7) is 0. The Morgan fingerprint density at radius 1 is 0.708 bits per heavy atom. The van der Waals surface area contributed by atoms with Crippen molar-refractivity contribution >= 4 is 0 Å². The van der Waals surface area contributed by atoms with Crippen molar-refractivity contribution in [3.8, 4) is 0 Å². The van der Waals surface area contributed by atoms with Gasteiger partial charge in [-0.25, -0.2) is 0 Å². The summed E-state index contributed by atoms with van der Waals surface area (Å²) in [6.07, 6.45) is 11.4. The topological polar surface area (TPSA) is 0 Å². The molecule has 2 aromatic carbocycles. The molecule has 3 aliphatic rings. The van der Waals surface area contributed by atoms with Gasteiger partial charge >= 0.3 is 0 Å². The summed E-state index contributed by atoms with van der Waals surface area (Å²) < 4.78 is 0. The lowest BCUT2D eigenvalue weighted by molar-refractivity contribution is 0.0852. The lowest BCUT2D eigenvalue weighted by Gasteiger charge is -2.56. The normalized spacial score (nSPS) is 34.8. The zero-order valence-electron chi connectivity index (χ0n) is 14.6. The highest BCUT2D eigenvalue weighted by atomic mass is 14.6. The molecular weight excluding hydrogens is 288 g/mol. The van der Waals surface area contributed by atoms with Gasteiger partial charge in [0, 0.05) is 5.41 Å². The number of fused-ring (bicyclic) bond motifs is 6. The third kappa shape index (κ3) is 1.98. The van der Waals surface area contributed by atoms with Crippen LogP contribution in [0, 0.1) is 11.8 Å². The molecule has 0 unspecified atom stereocenters. The molecule has 2 aromatic rings. The molecule has 0 radical (unpaired) electrons. The van der Waals surface area contributed by atoms with Crippen LogP contribution in [0.3, 0.4) is 0 Å². The molecule has 2 saturated carbocycles. The molecular formula is C24H28. The Hall–Kier alpha value is -1.56. The Balaban J connectivity index is 1.77. The fraction of sp³-hybridized carbons (Fsp3) is 0.500. The average molecular weight is 316 g/mol. The maximum absolute atomic E-state index is 2.48. The lowest BCUT2D eigenvalue weighted by Crippen LogP contribution is -2.49. The fourth-order valence-electron chi connectivity index (χ4n) is 6.62. The highest BCUT2D eigenvalue weighted by Crippen LogP contribution is 2.61. The molecule has 5 rings (SSSR count). The second-order valence-corrected chi connectivity index (χ2v) is 8.33. The largest absolute Gasteiger partial charge is 0.0622 e. The SMILES string of the molecule is c1ccc([C@@]23CCCC[C@@H]2[C@H]2CCCC[C@@H]2c2ccccc23)cc1. The van der Waals surface area contributed by atoms with E-state index in [2.05, 4.69) is 54.6 Å². The molecule has 0 N–H and O–H groups in total. The molecule has 0 amide bonds. The van der Waals surface area contributed by atoms with Crippen LogP contribution in [0.15, 0.2) is 54.6 Å². The van der Waals surface area contributed by atoms with Gasteiger partial charge in [0.2, 0.25) is 0 Å². The Morgan fingerprint density at radius 2 is 1.46 bits per heavy atom. The Labute approximate surface area is 146 Å². The summed E-state index contributed by atoms with van der Waals surface area (Å²) in [5, 5.41) is 0. The van der Waals surface area contributed by atoms with Crippen LogP contribution in [0.5, 0.6) is 0 Å². The van der Waals surface area contributed by atoms with Crippen molar-refractivity contribution in [1.82, 2.24) is 0 Å². The van der Waals surface area contributed by atoms with E-state index in [0.717, 1.165) is 17.8 Å². The van der Waals surface area contributed by atoms with Crippen LogP contribution in [0.2, 0.25) is 0 Å². The first-order valence-electron chi connectivity index (χ1n) is 10.1. The molecule has 0 spiro atoms. The summed E-state index contributed by atoms with van der Waals surface area (Å²) in [5.74, 6) is 2.60. The van der Waals surface area contributed by atoms with E-state index in [4.69, 9.17) is 0 Å². The average Bonchev–Trinajstić information content (AvgIpc) is 2.69. The van der Waals surface area contributed by atoms with Crippen LogP contribution in [0.1, 0.15) is 74.0 Å². The van der Waals surface area contributed by atoms with Gasteiger partial charge in [0.1, 0.15) is 0 Å². The molecule has 0 aromatic heterocycles. The molecule has 0 aliphatic heterocycles. The summed E-state index contributed by atoms with van der Waals surface area (Å²) in [4.78, 5) is 0. The van der Waals surface area contributed by atoms with Gasteiger partial charge < -0.3 is 0 Å². The summed E-state index contributed by atoms with van der Waals surface area (Å²) in [6, 6.07) is 21.0. The van der Waals surface area contributed by atoms with Crippen molar-refractivity contribution in [2.45, 2.75) is 62.7 Å². The number of hydrogen-bond acceptors (Lipinski definition) is 0. The predicted molar refractivity (Wildman–Crippen MR) is 100 cm³/mol. The molecule has 0 bridgehead atoms. The van der Waals surface area contributed by atoms with Gasteiger partial charge in [-0.3, -0.25) is 0 Å². The highest BCUT2D eigenvalue weighted by Gasteiger charge is 2.53. The van der Waals surface area contributed by atoms with Gasteiger partial charge in [0.25, 0.3) is 0 Å². The van der Waals surface area contributed by atoms with Gasteiger partial charge in [0.15, 0.2) is 0 Å². The third-order valence-electron chi connectivity index (χ3n) is 7.44. The summed E-state index contributed by atoms with van der Waals surface area (Å²) in [5.41, 5.74) is 5.26. The first-order chi connectivity index (χ1) is 11.9. The van der Waals surface area contributed by atoms with E-state index in [1.54, 1.807) is 16.7 Å². The molecule has 2 fully saturated rings. The number of rotatable bonds is 1. The minimum atomic E-state index is 0.286. The predicted octanol–water partition coefficient (Wildman–Crippen LogP) is 6.45. The number of benzene rings is 2. The molecule has 124 valence electrons. The van der Waals surface area contributed by atoms with Crippen LogP contribution in [0.4, 0.5) is 0 Å². The smallest absolute Gasteiger partial charge is 0.0236 e. The minimum Gasteiger partial charge on any atom is -0.0622 e. The zero-order valence-corrected chi connectivity index (χ0v) is 14.6. The van der Waals surface area contributed by atoms with Crippen molar-refractivity contribution in [2.75, 3.05) is 0 Å². The van der Waals surface area contributed by atoms with E-state index < -0.39 is 0 Å².